The first kappa shape index (κ1) is 19.7. The Morgan fingerprint density at radius 2 is 1.97 bits per heavy atom. The molecule has 4 aromatic rings. The number of amides is 2. The zero-order chi connectivity index (χ0) is 21.3. The minimum Gasteiger partial charge on any atom is -0.377 e. The molecule has 0 aliphatic carbocycles. The summed E-state index contributed by atoms with van der Waals surface area (Å²) in [6.45, 7) is 3.74. The molecule has 4 aromatic heterocycles. The van der Waals surface area contributed by atoms with E-state index in [-0.39, 0.29) is 11.1 Å². The van der Waals surface area contributed by atoms with E-state index in [2.05, 4.69) is 35.9 Å². The lowest BCUT2D eigenvalue weighted by Gasteiger charge is -2.16. The number of imidazole rings is 1. The van der Waals surface area contributed by atoms with Crippen LogP contribution in [0, 0.1) is 6.92 Å². The number of aromatic nitrogens is 7. The van der Waals surface area contributed by atoms with Gasteiger partial charge in [0.2, 0.25) is 0 Å². The molecule has 0 saturated heterocycles. The van der Waals surface area contributed by atoms with E-state index in [1.54, 1.807) is 30.1 Å². The van der Waals surface area contributed by atoms with Gasteiger partial charge in [-0.05, 0) is 19.9 Å². The number of nitrogens with zero attached hydrogens (tertiary/aromatic N) is 7. The predicted molar refractivity (Wildman–Crippen MR) is 110 cm³/mol. The van der Waals surface area contributed by atoms with Crippen molar-refractivity contribution in [1.82, 2.24) is 34.6 Å². The highest BCUT2D eigenvalue weighted by Crippen LogP contribution is 2.28. The van der Waals surface area contributed by atoms with Gasteiger partial charge in [0, 0.05) is 7.11 Å². The van der Waals surface area contributed by atoms with E-state index >= 15 is 0 Å². The van der Waals surface area contributed by atoms with Crippen molar-refractivity contribution in [1.29, 1.82) is 0 Å². The van der Waals surface area contributed by atoms with E-state index in [9.17, 15) is 4.79 Å². The minimum absolute atomic E-state index is 0.286. The van der Waals surface area contributed by atoms with E-state index in [0.717, 1.165) is 5.69 Å². The number of hydrogen-bond acceptors (Lipinski definition) is 7. The van der Waals surface area contributed by atoms with E-state index in [1.165, 1.54) is 23.4 Å². The van der Waals surface area contributed by atoms with Gasteiger partial charge >= 0.3 is 6.03 Å². The van der Waals surface area contributed by atoms with Crippen molar-refractivity contribution in [2.75, 3.05) is 17.7 Å². The summed E-state index contributed by atoms with van der Waals surface area (Å²) in [5, 5.41) is 18.0. The van der Waals surface area contributed by atoms with Gasteiger partial charge in [-0.2, -0.15) is 15.3 Å². The number of ether oxygens (including phenoxy) is 1. The Hall–Kier alpha value is -3.57. The summed E-state index contributed by atoms with van der Waals surface area (Å²) >= 11 is 6.25. The monoisotopic (exact) mass is 427 g/mol. The number of methoxy groups -OCH3 is 1. The zero-order valence-corrected chi connectivity index (χ0v) is 17.1. The van der Waals surface area contributed by atoms with E-state index in [4.69, 9.17) is 16.3 Å². The minimum atomic E-state index is -0.489. The molecule has 2 N–H and O–H groups in total. The Kier molecular flexibility index (Phi) is 5.29. The topological polar surface area (TPSA) is 124 Å². The first-order chi connectivity index (χ1) is 14.5. The predicted octanol–water partition coefficient (Wildman–Crippen LogP) is 3.02. The number of urea groups is 1. The third-order valence-corrected chi connectivity index (χ3v) is 4.62. The molecule has 0 spiro atoms. The molecule has 4 rings (SSSR count). The van der Waals surface area contributed by atoms with Crippen LogP contribution >= 0.6 is 11.6 Å². The van der Waals surface area contributed by atoms with Gasteiger partial charge in [-0.1, -0.05) is 11.6 Å². The number of carbonyl (C=O) groups is 1. The molecule has 30 heavy (non-hydrogen) atoms. The Balaban J connectivity index is 1.57. The first-order valence-corrected chi connectivity index (χ1v) is 9.32. The van der Waals surface area contributed by atoms with Gasteiger partial charge < -0.3 is 15.4 Å². The van der Waals surface area contributed by atoms with Crippen LogP contribution in [-0.4, -0.2) is 47.7 Å². The molecule has 154 valence electrons. The fourth-order valence-corrected chi connectivity index (χ4v) is 3.18. The molecule has 1 unspecified atom stereocenters. The van der Waals surface area contributed by atoms with Gasteiger partial charge in [0.1, 0.15) is 0 Å². The molecule has 0 radical (unpaired) electrons. The van der Waals surface area contributed by atoms with Gasteiger partial charge in [0.25, 0.3) is 0 Å². The molecule has 11 nitrogen and oxygen atoms in total. The Labute approximate surface area is 176 Å². The van der Waals surface area contributed by atoms with Crippen molar-refractivity contribution in [2.45, 2.75) is 20.0 Å². The number of anilines is 2. The number of pyridine rings is 1. The number of halogens is 1. The summed E-state index contributed by atoms with van der Waals surface area (Å²) in [6, 6.07) is 1.07. The smallest absolute Gasteiger partial charge is 0.323 e. The van der Waals surface area contributed by atoms with Crippen molar-refractivity contribution in [2.24, 2.45) is 0 Å². The van der Waals surface area contributed by atoms with Gasteiger partial charge in [-0.3, -0.25) is 0 Å². The lowest BCUT2D eigenvalue weighted by Crippen LogP contribution is -2.22. The van der Waals surface area contributed by atoms with Crippen molar-refractivity contribution in [3.05, 3.63) is 53.3 Å². The summed E-state index contributed by atoms with van der Waals surface area (Å²) in [5.41, 5.74) is 3.02. The molecule has 0 aliphatic rings. The van der Waals surface area contributed by atoms with Gasteiger partial charge in [0.15, 0.2) is 11.5 Å². The van der Waals surface area contributed by atoms with Gasteiger partial charge in [-0.15, -0.1) is 4.80 Å². The van der Waals surface area contributed by atoms with Crippen molar-refractivity contribution in [3.63, 3.8) is 0 Å². The van der Waals surface area contributed by atoms with Gasteiger partial charge in [-0.25, -0.2) is 19.3 Å². The average molecular weight is 428 g/mol. The van der Waals surface area contributed by atoms with Crippen LogP contribution in [0.2, 0.25) is 5.02 Å². The molecular weight excluding hydrogens is 410 g/mol. The largest absolute Gasteiger partial charge is 0.377 e. The Morgan fingerprint density at radius 3 is 2.67 bits per heavy atom. The molecule has 12 heteroatoms. The lowest BCUT2D eigenvalue weighted by molar-refractivity contribution is 0.120. The van der Waals surface area contributed by atoms with Crippen LogP contribution in [0.15, 0.2) is 37.1 Å². The van der Waals surface area contributed by atoms with Crippen LogP contribution in [0.4, 0.5) is 16.2 Å². The number of aryl methyl sites for hydroxylation is 1. The molecule has 2 amide bonds. The number of fused-ring (bicyclic) bond motifs is 1. The zero-order valence-electron chi connectivity index (χ0n) is 16.4. The second kappa shape index (κ2) is 8.05. The highest BCUT2D eigenvalue weighted by molar-refractivity contribution is 6.32. The number of hydrogen-bond donors (Lipinski definition) is 2. The first-order valence-electron chi connectivity index (χ1n) is 8.94. The third-order valence-electron chi connectivity index (χ3n) is 4.35. The highest BCUT2D eigenvalue weighted by atomic mass is 35.5. The number of rotatable bonds is 5. The van der Waals surface area contributed by atoms with Crippen LogP contribution in [0.3, 0.4) is 0 Å². The maximum Gasteiger partial charge on any atom is 0.323 e. The summed E-state index contributed by atoms with van der Waals surface area (Å²) in [6.07, 6.45) is 7.53. The van der Waals surface area contributed by atoms with Crippen molar-refractivity contribution < 1.29 is 9.53 Å². The lowest BCUT2D eigenvalue weighted by atomic mass is 10.1. The second-order valence-electron chi connectivity index (χ2n) is 6.43. The molecule has 1 atom stereocenters. The molecule has 0 aliphatic heterocycles. The SMILES string of the molecule is COC(C)c1c(NC(=O)Nc2cnc(-n3nccn3)c(Cl)c2)cnn2cc(C)nc12. The third kappa shape index (κ3) is 3.80. The van der Waals surface area contributed by atoms with E-state index < -0.39 is 6.03 Å². The van der Waals surface area contributed by atoms with E-state index in [1.807, 2.05) is 13.8 Å². The van der Waals surface area contributed by atoms with Crippen LogP contribution < -0.4 is 10.6 Å². The normalized spacial score (nSPS) is 12.1. The molecule has 0 fully saturated rings. The fraction of sp³-hybridized carbons (Fsp3) is 0.222. The number of nitrogens with one attached hydrogen (secondary N) is 2. The van der Waals surface area contributed by atoms with E-state index in [0.29, 0.717) is 28.4 Å². The Bertz CT molecular complexity index is 1210. The number of carbonyl (C=O) groups excluding carboxylic acids is 1. The van der Waals surface area contributed by atoms with Crippen molar-refractivity contribution >= 4 is 34.7 Å². The van der Waals surface area contributed by atoms with Crippen LogP contribution in [-0.2, 0) is 4.74 Å². The summed E-state index contributed by atoms with van der Waals surface area (Å²) < 4.78 is 7.11. The Morgan fingerprint density at radius 1 is 1.20 bits per heavy atom. The maximum atomic E-state index is 12.6. The summed E-state index contributed by atoms with van der Waals surface area (Å²) in [5.74, 6) is 0.355. The van der Waals surface area contributed by atoms with Gasteiger partial charge in [0.05, 0.1) is 64.7 Å². The second-order valence-corrected chi connectivity index (χ2v) is 6.83. The quantitative estimate of drug-likeness (QED) is 0.501. The molecule has 0 saturated carbocycles. The average Bonchev–Trinajstić information content (AvgIpc) is 3.36. The standard InChI is InChI=1S/C18H18ClN9O2/c1-10-9-27-17(24-10)15(11(2)30-3)14(8-23-27)26-18(29)25-12-6-13(19)16(20-7-12)28-21-4-5-22-28/h4-9,11H,1-3H3,(H2,25,26,29). The molecule has 4 heterocycles. The summed E-state index contributed by atoms with van der Waals surface area (Å²) in [4.78, 5) is 22.6. The summed E-state index contributed by atoms with van der Waals surface area (Å²) in [7, 11) is 1.59. The fourth-order valence-electron chi connectivity index (χ4n) is 2.94. The molecule has 0 bridgehead atoms. The maximum absolute atomic E-state index is 12.6. The highest BCUT2D eigenvalue weighted by Gasteiger charge is 2.19. The molecule has 0 aromatic carbocycles. The van der Waals surface area contributed by atoms with Crippen LogP contribution in [0.25, 0.3) is 11.5 Å². The van der Waals surface area contributed by atoms with Crippen LogP contribution in [0.1, 0.15) is 24.3 Å². The molecular formula is C18H18ClN9O2. The van der Waals surface area contributed by atoms with Crippen LogP contribution in [0.5, 0.6) is 0 Å². The van der Waals surface area contributed by atoms with Crippen molar-refractivity contribution in [3.8, 4) is 5.82 Å².